The van der Waals surface area contributed by atoms with Crippen LogP contribution in [0.3, 0.4) is 0 Å². The molecule has 1 N–H and O–H groups in total. The van der Waals surface area contributed by atoms with Gasteiger partial charge in [-0.2, -0.15) is 0 Å². The number of rotatable bonds is 2. The van der Waals surface area contributed by atoms with Gasteiger partial charge in [0.1, 0.15) is 0 Å². The number of morpholine rings is 1. The molecule has 1 heterocycles. The molecule has 0 radical (unpaired) electrons. The lowest BCUT2D eigenvalue weighted by atomic mass is 9.96. The Morgan fingerprint density at radius 1 is 1.29 bits per heavy atom. The molecule has 1 saturated carbocycles. The Bertz CT molecular complexity index is 178. The molecular weight excluding hydrogens is 178 g/mol. The summed E-state index contributed by atoms with van der Waals surface area (Å²) in [6.07, 6.45) is 3.58. The molecule has 0 amide bonds. The first kappa shape index (κ1) is 10.4. The zero-order valence-corrected chi connectivity index (χ0v) is 8.98. The number of aliphatic hydroxyl groups is 1. The quantitative estimate of drug-likeness (QED) is 0.716. The lowest BCUT2D eigenvalue weighted by Gasteiger charge is -2.36. The van der Waals surface area contributed by atoms with Gasteiger partial charge in [0, 0.05) is 25.0 Å². The summed E-state index contributed by atoms with van der Waals surface area (Å²) in [6.45, 7) is 5.76. The minimum Gasteiger partial charge on any atom is -0.393 e. The Kier molecular flexibility index (Phi) is 3.42. The van der Waals surface area contributed by atoms with Crippen molar-refractivity contribution in [2.45, 2.75) is 38.3 Å². The number of aliphatic hydroxyl groups excluding tert-OH is 1. The molecule has 3 nitrogen and oxygen atoms in total. The van der Waals surface area contributed by atoms with Gasteiger partial charge in [-0.05, 0) is 19.8 Å². The maximum atomic E-state index is 9.70. The summed E-state index contributed by atoms with van der Waals surface area (Å²) in [4.78, 5) is 2.51. The van der Waals surface area contributed by atoms with Crippen LogP contribution in [0.1, 0.15) is 26.2 Å². The molecule has 2 fully saturated rings. The average Bonchev–Trinajstić information content (AvgIpc) is 2.67. The van der Waals surface area contributed by atoms with E-state index >= 15 is 0 Å². The Morgan fingerprint density at radius 2 is 2.00 bits per heavy atom. The monoisotopic (exact) mass is 199 g/mol. The molecule has 0 aromatic rings. The van der Waals surface area contributed by atoms with Crippen LogP contribution < -0.4 is 0 Å². The van der Waals surface area contributed by atoms with Crippen molar-refractivity contribution in [1.29, 1.82) is 0 Å². The van der Waals surface area contributed by atoms with E-state index in [1.807, 2.05) is 6.92 Å². The van der Waals surface area contributed by atoms with Gasteiger partial charge in [-0.3, -0.25) is 4.90 Å². The molecule has 0 aromatic heterocycles. The molecule has 1 aliphatic carbocycles. The van der Waals surface area contributed by atoms with E-state index in [1.54, 1.807) is 0 Å². The summed E-state index contributed by atoms with van der Waals surface area (Å²) >= 11 is 0. The van der Waals surface area contributed by atoms with Gasteiger partial charge in [-0.1, -0.05) is 6.42 Å². The fourth-order valence-electron chi connectivity index (χ4n) is 2.89. The number of ether oxygens (including phenoxy) is 1. The number of hydrogen-bond acceptors (Lipinski definition) is 3. The molecule has 82 valence electrons. The molecule has 14 heavy (non-hydrogen) atoms. The van der Waals surface area contributed by atoms with E-state index in [4.69, 9.17) is 4.74 Å². The van der Waals surface area contributed by atoms with Gasteiger partial charge in [-0.15, -0.1) is 0 Å². The molecule has 0 bridgehead atoms. The highest BCUT2D eigenvalue weighted by Crippen LogP contribution is 2.32. The van der Waals surface area contributed by atoms with Crippen LogP contribution in [0, 0.1) is 5.92 Å². The SMILES string of the molecule is CC(O)C1CCCC1N1CCOCC1. The molecule has 1 saturated heterocycles. The normalized spacial score (nSPS) is 37.3. The molecule has 3 atom stereocenters. The van der Waals surface area contributed by atoms with Crippen LogP contribution in [0.4, 0.5) is 0 Å². The summed E-state index contributed by atoms with van der Waals surface area (Å²) in [5.74, 6) is 0.494. The molecule has 0 spiro atoms. The van der Waals surface area contributed by atoms with Crippen molar-refractivity contribution in [3.63, 3.8) is 0 Å². The van der Waals surface area contributed by atoms with Crippen molar-refractivity contribution < 1.29 is 9.84 Å². The third-order valence-corrected chi connectivity index (χ3v) is 3.67. The van der Waals surface area contributed by atoms with Gasteiger partial charge in [0.15, 0.2) is 0 Å². The first-order valence-electron chi connectivity index (χ1n) is 5.79. The topological polar surface area (TPSA) is 32.7 Å². The van der Waals surface area contributed by atoms with E-state index in [9.17, 15) is 5.11 Å². The second-order valence-electron chi connectivity index (χ2n) is 4.55. The summed E-state index contributed by atoms with van der Waals surface area (Å²) in [6, 6.07) is 0.610. The van der Waals surface area contributed by atoms with E-state index in [0.29, 0.717) is 12.0 Å². The Morgan fingerprint density at radius 3 is 2.64 bits per heavy atom. The smallest absolute Gasteiger partial charge is 0.0594 e. The maximum absolute atomic E-state index is 9.70. The van der Waals surface area contributed by atoms with Crippen LogP contribution in [0.2, 0.25) is 0 Å². The maximum Gasteiger partial charge on any atom is 0.0594 e. The van der Waals surface area contributed by atoms with E-state index in [0.717, 1.165) is 26.3 Å². The predicted molar refractivity (Wildman–Crippen MR) is 55.2 cm³/mol. The van der Waals surface area contributed by atoms with Gasteiger partial charge in [0.25, 0.3) is 0 Å². The Labute approximate surface area is 86.0 Å². The van der Waals surface area contributed by atoms with Crippen molar-refractivity contribution >= 4 is 0 Å². The van der Waals surface area contributed by atoms with Crippen molar-refractivity contribution in [3.05, 3.63) is 0 Å². The minimum absolute atomic E-state index is 0.148. The third kappa shape index (κ3) is 2.10. The van der Waals surface area contributed by atoms with Gasteiger partial charge >= 0.3 is 0 Å². The molecule has 2 aliphatic rings. The van der Waals surface area contributed by atoms with Crippen LogP contribution >= 0.6 is 0 Å². The highest BCUT2D eigenvalue weighted by molar-refractivity contribution is 4.88. The van der Waals surface area contributed by atoms with Crippen molar-refractivity contribution in [3.8, 4) is 0 Å². The molecule has 3 unspecified atom stereocenters. The number of hydrogen-bond donors (Lipinski definition) is 1. The molecule has 2 rings (SSSR count). The second-order valence-corrected chi connectivity index (χ2v) is 4.55. The van der Waals surface area contributed by atoms with E-state index < -0.39 is 0 Å². The molecule has 0 aromatic carbocycles. The van der Waals surface area contributed by atoms with E-state index in [1.165, 1.54) is 19.3 Å². The third-order valence-electron chi connectivity index (χ3n) is 3.67. The molecule has 3 heteroatoms. The molecule has 1 aliphatic heterocycles. The Hall–Kier alpha value is -0.120. The molecular formula is C11H21NO2. The zero-order valence-electron chi connectivity index (χ0n) is 8.98. The van der Waals surface area contributed by atoms with Crippen molar-refractivity contribution in [2.75, 3.05) is 26.3 Å². The fourth-order valence-corrected chi connectivity index (χ4v) is 2.89. The summed E-state index contributed by atoms with van der Waals surface area (Å²) in [7, 11) is 0. The standard InChI is InChI=1S/C11H21NO2/c1-9(13)10-3-2-4-11(10)12-5-7-14-8-6-12/h9-11,13H,2-8H2,1H3. The summed E-state index contributed by atoms with van der Waals surface area (Å²) in [5.41, 5.74) is 0. The van der Waals surface area contributed by atoms with Gasteiger partial charge in [0.05, 0.1) is 19.3 Å². The summed E-state index contributed by atoms with van der Waals surface area (Å²) in [5, 5.41) is 9.70. The highest BCUT2D eigenvalue weighted by atomic mass is 16.5. The van der Waals surface area contributed by atoms with Gasteiger partial charge < -0.3 is 9.84 Å². The zero-order chi connectivity index (χ0) is 9.97. The average molecular weight is 199 g/mol. The van der Waals surface area contributed by atoms with Crippen LogP contribution in [0.5, 0.6) is 0 Å². The Balaban J connectivity index is 1.94. The lowest BCUT2D eigenvalue weighted by molar-refractivity contribution is -0.00961. The summed E-state index contributed by atoms with van der Waals surface area (Å²) < 4.78 is 5.35. The van der Waals surface area contributed by atoms with E-state index in [2.05, 4.69) is 4.90 Å². The number of nitrogens with zero attached hydrogens (tertiary/aromatic N) is 1. The van der Waals surface area contributed by atoms with E-state index in [-0.39, 0.29) is 6.10 Å². The largest absolute Gasteiger partial charge is 0.393 e. The predicted octanol–water partition coefficient (Wildman–Crippen LogP) is 0.868. The van der Waals surface area contributed by atoms with Crippen molar-refractivity contribution in [2.24, 2.45) is 5.92 Å². The first-order valence-corrected chi connectivity index (χ1v) is 5.79. The van der Waals surface area contributed by atoms with Gasteiger partial charge in [0.2, 0.25) is 0 Å². The second kappa shape index (κ2) is 4.60. The van der Waals surface area contributed by atoms with Crippen LogP contribution in [0.15, 0.2) is 0 Å². The highest BCUT2D eigenvalue weighted by Gasteiger charge is 2.35. The lowest BCUT2D eigenvalue weighted by Crippen LogP contribution is -2.47. The van der Waals surface area contributed by atoms with Gasteiger partial charge in [-0.25, -0.2) is 0 Å². The van der Waals surface area contributed by atoms with Crippen LogP contribution in [-0.4, -0.2) is 48.5 Å². The van der Waals surface area contributed by atoms with Crippen LogP contribution in [0.25, 0.3) is 0 Å². The first-order chi connectivity index (χ1) is 6.79. The van der Waals surface area contributed by atoms with Crippen LogP contribution in [-0.2, 0) is 4.74 Å². The fraction of sp³-hybridized carbons (Fsp3) is 1.00. The minimum atomic E-state index is -0.148. The van der Waals surface area contributed by atoms with Crippen molar-refractivity contribution in [1.82, 2.24) is 4.90 Å².